The van der Waals surface area contributed by atoms with Crippen molar-refractivity contribution in [1.82, 2.24) is 0 Å². The van der Waals surface area contributed by atoms with E-state index in [9.17, 15) is 9.59 Å². The van der Waals surface area contributed by atoms with E-state index in [1.807, 2.05) is 30.3 Å². The minimum Gasteiger partial charge on any atom is -0.426 e. The molecule has 31 heavy (non-hydrogen) atoms. The normalized spacial score (nSPS) is 15.4. The van der Waals surface area contributed by atoms with E-state index in [0.717, 1.165) is 10.0 Å². The zero-order chi connectivity index (χ0) is 22.0. The molecule has 1 atom stereocenters. The molecule has 0 aromatic heterocycles. The molecule has 0 aliphatic carbocycles. The van der Waals surface area contributed by atoms with E-state index >= 15 is 0 Å². The van der Waals surface area contributed by atoms with Crippen molar-refractivity contribution >= 4 is 66.7 Å². The van der Waals surface area contributed by atoms with Crippen molar-refractivity contribution in [2.24, 2.45) is 4.99 Å². The van der Waals surface area contributed by atoms with Crippen molar-refractivity contribution < 1.29 is 14.3 Å². The molecule has 3 aromatic rings. The van der Waals surface area contributed by atoms with Crippen molar-refractivity contribution in [1.29, 1.82) is 0 Å². The number of carbonyl (C=O) groups excluding carboxylic acids is 2. The fourth-order valence-electron chi connectivity index (χ4n) is 3.11. The first kappa shape index (κ1) is 21.7. The summed E-state index contributed by atoms with van der Waals surface area (Å²) >= 11 is 13.2. The Balaban J connectivity index is 1.75. The largest absolute Gasteiger partial charge is 0.426 e. The number of benzene rings is 3. The van der Waals surface area contributed by atoms with Crippen LogP contribution in [0, 0.1) is 0 Å². The van der Waals surface area contributed by atoms with Crippen molar-refractivity contribution in [3.63, 3.8) is 0 Å². The molecule has 0 saturated carbocycles. The number of nitrogens with zero attached hydrogens (tertiary/aromatic N) is 1. The van der Waals surface area contributed by atoms with E-state index in [1.165, 1.54) is 0 Å². The van der Waals surface area contributed by atoms with Crippen LogP contribution in [-0.2, 0) is 14.9 Å². The van der Waals surface area contributed by atoms with Gasteiger partial charge in [-0.2, -0.15) is 0 Å². The number of esters is 1. The predicted octanol–water partition coefficient (Wildman–Crippen LogP) is 5.97. The summed E-state index contributed by atoms with van der Waals surface area (Å²) in [6.45, 7) is 0. The average Bonchev–Trinajstić information content (AvgIpc) is 2.90. The second kappa shape index (κ2) is 9.34. The van der Waals surface area contributed by atoms with Crippen LogP contribution in [0.25, 0.3) is 0 Å². The van der Waals surface area contributed by atoms with Gasteiger partial charge < -0.3 is 10.1 Å². The van der Waals surface area contributed by atoms with Gasteiger partial charge in [0.05, 0.1) is 17.0 Å². The van der Waals surface area contributed by atoms with Gasteiger partial charge in [-0.3, -0.25) is 4.79 Å². The Hall–Kier alpha value is -2.48. The molecular formula is C23H15Br2ClN2O3. The fraction of sp³-hybridized carbons (Fsp3) is 0.0870. The molecule has 1 heterocycles. The summed E-state index contributed by atoms with van der Waals surface area (Å²) in [4.78, 5) is 30.1. The maximum atomic E-state index is 12.8. The number of alkyl halides is 1. The smallest absolute Gasteiger partial charge is 0.340 e. The molecule has 4 rings (SSSR count). The van der Waals surface area contributed by atoms with Crippen LogP contribution in [0.3, 0.4) is 0 Å². The van der Waals surface area contributed by atoms with Gasteiger partial charge in [0.2, 0.25) is 0 Å². The minimum atomic E-state index is -1.37. The van der Waals surface area contributed by atoms with Crippen molar-refractivity contribution in [2.75, 3.05) is 5.32 Å². The van der Waals surface area contributed by atoms with Gasteiger partial charge >= 0.3 is 5.97 Å². The van der Waals surface area contributed by atoms with E-state index in [0.29, 0.717) is 38.4 Å². The number of aliphatic imine (C=N–C) groups is 1. The highest BCUT2D eigenvalue weighted by Gasteiger charge is 2.30. The number of hydrogen-bond acceptors (Lipinski definition) is 4. The van der Waals surface area contributed by atoms with Gasteiger partial charge in [0.1, 0.15) is 0 Å². The van der Waals surface area contributed by atoms with E-state index < -0.39 is 18.1 Å². The quantitative estimate of drug-likeness (QED) is 0.315. The summed E-state index contributed by atoms with van der Waals surface area (Å²) in [6, 6.07) is 19.5. The highest BCUT2D eigenvalue weighted by atomic mass is 79.9. The number of amides is 1. The third-order valence-electron chi connectivity index (χ3n) is 4.66. The summed E-state index contributed by atoms with van der Waals surface area (Å²) in [6.07, 6.45) is -1.37. The van der Waals surface area contributed by atoms with Crippen LogP contribution in [0.2, 0.25) is 5.02 Å². The summed E-state index contributed by atoms with van der Waals surface area (Å²) in [5, 5.41) is 3.94. The lowest BCUT2D eigenvalue weighted by Crippen LogP contribution is -2.30. The van der Waals surface area contributed by atoms with Gasteiger partial charge in [0.15, 0.2) is 0 Å². The topological polar surface area (TPSA) is 67.8 Å². The molecule has 0 unspecified atom stereocenters. The van der Waals surface area contributed by atoms with E-state index in [2.05, 4.69) is 42.2 Å². The fourth-order valence-corrected chi connectivity index (χ4v) is 4.07. The number of nitrogens with one attached hydrogen (secondary N) is 1. The van der Waals surface area contributed by atoms with Crippen LogP contribution < -0.4 is 5.32 Å². The molecule has 1 amide bonds. The van der Waals surface area contributed by atoms with Gasteiger partial charge in [-0.05, 0) is 42.0 Å². The Bertz CT molecular complexity index is 1200. The average molecular weight is 563 g/mol. The number of anilines is 1. The van der Waals surface area contributed by atoms with Crippen molar-refractivity contribution in [3.05, 3.63) is 98.5 Å². The Labute approximate surface area is 200 Å². The second-order valence-electron chi connectivity index (χ2n) is 6.72. The molecule has 3 aromatic carbocycles. The van der Waals surface area contributed by atoms with Crippen LogP contribution in [0.4, 0.5) is 5.69 Å². The van der Waals surface area contributed by atoms with E-state index in [-0.39, 0.29) is 0 Å². The molecule has 0 saturated heterocycles. The molecule has 5 nitrogen and oxygen atoms in total. The molecule has 0 fully saturated rings. The summed E-state index contributed by atoms with van der Waals surface area (Å²) in [5.41, 5.74) is 3.64. The Morgan fingerprint density at radius 1 is 1.06 bits per heavy atom. The van der Waals surface area contributed by atoms with Crippen LogP contribution in [-0.4, -0.2) is 23.8 Å². The lowest BCUT2D eigenvalue weighted by molar-refractivity contribution is -0.124. The third-order valence-corrected chi connectivity index (χ3v) is 6.13. The summed E-state index contributed by atoms with van der Waals surface area (Å²) in [7, 11) is 0. The van der Waals surface area contributed by atoms with Crippen molar-refractivity contribution in [3.8, 4) is 0 Å². The molecule has 8 heteroatoms. The third kappa shape index (κ3) is 4.74. The molecule has 0 spiro atoms. The maximum Gasteiger partial charge on any atom is 0.340 e. The SMILES string of the molecule is O=C(O[C@@H]1N=C(c2ccccc2Cl)c2cc(Br)ccc2NC1=O)c1ccc(CBr)cc1. The molecule has 0 bridgehead atoms. The van der Waals surface area contributed by atoms with Crippen molar-refractivity contribution in [2.45, 2.75) is 11.6 Å². The molecule has 156 valence electrons. The van der Waals surface area contributed by atoms with Crippen LogP contribution in [0.1, 0.15) is 27.0 Å². The highest BCUT2D eigenvalue weighted by Crippen LogP contribution is 2.30. The molecule has 1 aliphatic rings. The Morgan fingerprint density at radius 3 is 2.52 bits per heavy atom. The Morgan fingerprint density at radius 2 is 1.81 bits per heavy atom. The monoisotopic (exact) mass is 560 g/mol. The van der Waals surface area contributed by atoms with Gasteiger partial charge in [-0.25, -0.2) is 9.79 Å². The van der Waals surface area contributed by atoms with Crippen LogP contribution in [0.15, 0.2) is 76.2 Å². The highest BCUT2D eigenvalue weighted by molar-refractivity contribution is 9.10. The molecule has 1 aliphatic heterocycles. The van der Waals surface area contributed by atoms with Gasteiger partial charge in [-0.1, -0.05) is 73.8 Å². The standard InChI is InChI=1S/C23H15Br2ClN2O3/c24-12-13-5-7-14(8-6-13)23(30)31-22-21(29)27-19-10-9-15(25)11-17(19)20(28-22)16-3-1-2-4-18(16)26/h1-11,22H,12H2,(H,27,29)/t22-/m0/s1. The number of rotatable bonds is 4. The molecule has 0 radical (unpaired) electrons. The number of halogens is 3. The number of hydrogen-bond donors (Lipinski definition) is 1. The predicted molar refractivity (Wildman–Crippen MR) is 128 cm³/mol. The first-order chi connectivity index (χ1) is 15.0. The summed E-state index contributed by atoms with van der Waals surface area (Å²) in [5.74, 6) is -1.19. The van der Waals surface area contributed by atoms with E-state index in [1.54, 1.807) is 36.4 Å². The lowest BCUT2D eigenvalue weighted by Gasteiger charge is -2.13. The number of ether oxygens (including phenoxy) is 1. The zero-order valence-electron chi connectivity index (χ0n) is 15.9. The van der Waals surface area contributed by atoms with E-state index in [4.69, 9.17) is 16.3 Å². The maximum absolute atomic E-state index is 12.8. The molecule has 1 N–H and O–H groups in total. The number of fused-ring (bicyclic) bond motifs is 1. The molecular weight excluding hydrogens is 548 g/mol. The zero-order valence-corrected chi connectivity index (χ0v) is 19.9. The number of benzodiazepines with no additional fused rings is 1. The van der Waals surface area contributed by atoms with Gasteiger partial charge in [-0.15, -0.1) is 0 Å². The van der Waals surface area contributed by atoms with Gasteiger partial charge in [0.25, 0.3) is 12.1 Å². The number of carbonyl (C=O) groups is 2. The first-order valence-corrected chi connectivity index (χ1v) is 11.5. The lowest BCUT2D eigenvalue weighted by atomic mass is 10.0. The minimum absolute atomic E-state index is 0.330. The first-order valence-electron chi connectivity index (χ1n) is 9.25. The second-order valence-corrected chi connectivity index (χ2v) is 8.61. The van der Waals surface area contributed by atoms with Gasteiger partial charge in [0, 0.05) is 26.0 Å². The Kier molecular flexibility index (Phi) is 6.55. The summed E-state index contributed by atoms with van der Waals surface area (Å²) < 4.78 is 6.30. The van der Waals surface area contributed by atoms with Crippen LogP contribution in [0.5, 0.6) is 0 Å². The van der Waals surface area contributed by atoms with Crippen LogP contribution >= 0.6 is 43.5 Å².